The van der Waals surface area contributed by atoms with E-state index in [0.29, 0.717) is 6.29 Å². The third-order valence-corrected chi connectivity index (χ3v) is 3.62. The Hall–Kier alpha value is -1.90. The number of carbonyl (C=O) groups excluding carboxylic acids is 1. The Kier molecular flexibility index (Phi) is 3.09. The topological polar surface area (TPSA) is 61.1 Å². The van der Waals surface area contributed by atoms with Crippen molar-refractivity contribution >= 4 is 27.8 Å². The van der Waals surface area contributed by atoms with Crippen LogP contribution >= 0.6 is 11.3 Å². The first-order valence-electron chi connectivity index (χ1n) is 5.00. The van der Waals surface area contributed by atoms with Gasteiger partial charge in [0.05, 0.1) is 10.3 Å². The van der Waals surface area contributed by atoms with Gasteiger partial charge >= 0.3 is 11.9 Å². The van der Waals surface area contributed by atoms with E-state index in [2.05, 4.69) is 0 Å². The summed E-state index contributed by atoms with van der Waals surface area (Å²) in [6.07, 6.45) is -4.20. The summed E-state index contributed by atoms with van der Waals surface area (Å²) >= 11 is 0.879. The number of aryl methyl sites for hydroxylation is 1. The molecule has 9 heteroatoms. The lowest BCUT2D eigenvalue weighted by molar-refractivity contribution is -0.141. The molecule has 19 heavy (non-hydrogen) atoms. The van der Waals surface area contributed by atoms with Crippen molar-refractivity contribution in [1.29, 1.82) is 0 Å². The van der Waals surface area contributed by atoms with Crippen molar-refractivity contribution < 1.29 is 18.0 Å². The number of nitrogens with zero attached hydrogens (tertiary/aromatic N) is 2. The summed E-state index contributed by atoms with van der Waals surface area (Å²) in [5, 5.41) is -0.0709. The van der Waals surface area contributed by atoms with E-state index < -0.39 is 24.0 Å². The maximum atomic E-state index is 12.3. The van der Waals surface area contributed by atoms with Gasteiger partial charge in [0.1, 0.15) is 11.4 Å². The average molecular weight is 292 g/mol. The fourth-order valence-corrected chi connectivity index (χ4v) is 2.60. The predicted octanol–water partition coefficient (Wildman–Crippen LogP) is 1.14. The molecule has 0 fully saturated rings. The van der Waals surface area contributed by atoms with Crippen LogP contribution in [0.4, 0.5) is 13.2 Å². The minimum Gasteiger partial charge on any atom is -0.297 e. The van der Waals surface area contributed by atoms with Crippen LogP contribution in [0.3, 0.4) is 0 Å². The zero-order valence-electron chi connectivity index (χ0n) is 9.52. The van der Waals surface area contributed by atoms with Gasteiger partial charge in [-0.15, -0.1) is 11.3 Å². The summed E-state index contributed by atoms with van der Waals surface area (Å²) in [6.45, 7) is -1.65. The predicted molar refractivity (Wildman–Crippen MR) is 62.8 cm³/mol. The summed E-state index contributed by atoms with van der Waals surface area (Å²) in [5.74, 6) is 0. The van der Waals surface area contributed by atoms with Gasteiger partial charge in [-0.1, -0.05) is 0 Å². The van der Waals surface area contributed by atoms with Gasteiger partial charge < -0.3 is 0 Å². The zero-order chi connectivity index (χ0) is 14.4. The molecule has 0 aliphatic heterocycles. The minimum absolute atomic E-state index is 0.0709. The van der Waals surface area contributed by atoms with Crippen LogP contribution in [0, 0.1) is 0 Å². The summed E-state index contributed by atoms with van der Waals surface area (Å²) < 4.78 is 38.1. The molecular formula is C10H7F3N2O3S. The van der Waals surface area contributed by atoms with Gasteiger partial charge in [-0.05, 0) is 6.07 Å². The summed E-state index contributed by atoms with van der Waals surface area (Å²) in [7, 11) is 1.25. The van der Waals surface area contributed by atoms with Crippen LogP contribution in [0.25, 0.3) is 10.2 Å². The number of alkyl halides is 3. The van der Waals surface area contributed by atoms with Crippen LogP contribution in [-0.4, -0.2) is 21.6 Å². The summed E-state index contributed by atoms with van der Waals surface area (Å²) in [4.78, 5) is 34.6. The molecule has 2 rings (SSSR count). The zero-order valence-corrected chi connectivity index (χ0v) is 10.3. The van der Waals surface area contributed by atoms with Crippen molar-refractivity contribution in [2.45, 2.75) is 12.7 Å². The standard InChI is InChI=1S/C10H7F3N2O3S/c1-14-8-6(2-5(3-16)19-8)7(17)15(9(14)18)4-10(11,12)13/h2-3H,4H2,1H3. The fourth-order valence-electron chi connectivity index (χ4n) is 1.68. The van der Waals surface area contributed by atoms with Crippen LogP contribution in [0.15, 0.2) is 15.7 Å². The van der Waals surface area contributed by atoms with E-state index in [9.17, 15) is 27.6 Å². The van der Waals surface area contributed by atoms with E-state index in [1.54, 1.807) is 0 Å². The Bertz CT molecular complexity index is 769. The lowest BCUT2D eigenvalue weighted by Gasteiger charge is -2.10. The van der Waals surface area contributed by atoms with Gasteiger partial charge in [0.2, 0.25) is 0 Å². The van der Waals surface area contributed by atoms with E-state index in [-0.39, 0.29) is 19.7 Å². The molecule has 0 spiro atoms. The fraction of sp³-hybridized carbons (Fsp3) is 0.300. The molecule has 0 radical (unpaired) electrons. The van der Waals surface area contributed by atoms with E-state index >= 15 is 0 Å². The molecule has 0 saturated carbocycles. The Morgan fingerprint density at radius 1 is 1.37 bits per heavy atom. The number of aromatic nitrogens is 2. The summed E-state index contributed by atoms with van der Waals surface area (Å²) in [5.41, 5.74) is -2.10. The lowest BCUT2D eigenvalue weighted by atomic mass is 10.3. The highest BCUT2D eigenvalue weighted by atomic mass is 32.1. The lowest BCUT2D eigenvalue weighted by Crippen LogP contribution is -2.42. The maximum absolute atomic E-state index is 12.3. The Balaban J connectivity index is 2.83. The number of hydrogen-bond donors (Lipinski definition) is 0. The third kappa shape index (κ3) is 2.33. The van der Waals surface area contributed by atoms with Gasteiger partial charge in [-0.2, -0.15) is 13.2 Å². The van der Waals surface area contributed by atoms with E-state index in [4.69, 9.17) is 0 Å². The van der Waals surface area contributed by atoms with E-state index in [1.807, 2.05) is 0 Å². The van der Waals surface area contributed by atoms with Crippen molar-refractivity contribution in [3.8, 4) is 0 Å². The number of aldehydes is 1. The second kappa shape index (κ2) is 4.34. The number of hydrogen-bond acceptors (Lipinski definition) is 4. The largest absolute Gasteiger partial charge is 0.406 e. The van der Waals surface area contributed by atoms with Gasteiger partial charge in [-0.3, -0.25) is 18.7 Å². The van der Waals surface area contributed by atoms with Gasteiger partial charge in [0.25, 0.3) is 5.56 Å². The van der Waals surface area contributed by atoms with Crippen LogP contribution in [-0.2, 0) is 13.6 Å². The number of rotatable bonds is 2. The highest BCUT2D eigenvalue weighted by Gasteiger charge is 2.30. The second-order valence-corrected chi connectivity index (χ2v) is 4.90. The van der Waals surface area contributed by atoms with Gasteiger partial charge in [0.15, 0.2) is 6.29 Å². The Morgan fingerprint density at radius 3 is 2.53 bits per heavy atom. The van der Waals surface area contributed by atoms with Crippen molar-refractivity contribution in [3.05, 3.63) is 31.8 Å². The van der Waals surface area contributed by atoms with Crippen LogP contribution in [0.1, 0.15) is 9.67 Å². The first-order chi connectivity index (χ1) is 8.74. The number of halogens is 3. The van der Waals surface area contributed by atoms with Gasteiger partial charge in [-0.25, -0.2) is 4.79 Å². The van der Waals surface area contributed by atoms with Crippen molar-refractivity contribution in [2.24, 2.45) is 7.05 Å². The quantitative estimate of drug-likeness (QED) is 0.780. The normalized spacial score (nSPS) is 12.0. The molecule has 0 N–H and O–H groups in total. The Labute approximate surface area is 107 Å². The molecule has 0 aliphatic carbocycles. The number of fused-ring (bicyclic) bond motifs is 1. The molecule has 2 heterocycles. The number of carbonyl (C=O) groups is 1. The first-order valence-corrected chi connectivity index (χ1v) is 5.81. The molecule has 2 aromatic heterocycles. The van der Waals surface area contributed by atoms with Gasteiger partial charge in [0, 0.05) is 7.05 Å². The minimum atomic E-state index is -4.67. The molecule has 5 nitrogen and oxygen atoms in total. The molecule has 0 saturated heterocycles. The second-order valence-electron chi connectivity index (χ2n) is 3.83. The summed E-state index contributed by atoms with van der Waals surface area (Å²) in [6, 6.07) is 1.18. The number of thiophene rings is 1. The first kappa shape index (κ1) is 13.5. The van der Waals surface area contributed by atoms with Crippen LogP contribution in [0.2, 0.25) is 0 Å². The van der Waals surface area contributed by atoms with Crippen molar-refractivity contribution in [2.75, 3.05) is 0 Å². The monoisotopic (exact) mass is 292 g/mol. The van der Waals surface area contributed by atoms with Crippen molar-refractivity contribution in [1.82, 2.24) is 9.13 Å². The molecule has 0 amide bonds. The molecule has 0 bridgehead atoms. The highest BCUT2D eigenvalue weighted by molar-refractivity contribution is 7.20. The third-order valence-electron chi connectivity index (χ3n) is 2.48. The Morgan fingerprint density at radius 2 is 2.00 bits per heavy atom. The van der Waals surface area contributed by atoms with Crippen LogP contribution in [0.5, 0.6) is 0 Å². The smallest absolute Gasteiger partial charge is 0.297 e. The highest BCUT2D eigenvalue weighted by Crippen LogP contribution is 2.21. The van der Waals surface area contributed by atoms with Crippen LogP contribution < -0.4 is 11.2 Å². The van der Waals surface area contributed by atoms with Crippen molar-refractivity contribution in [3.63, 3.8) is 0 Å². The molecule has 0 unspecified atom stereocenters. The van der Waals surface area contributed by atoms with E-state index in [0.717, 1.165) is 15.9 Å². The molecule has 102 valence electrons. The molecule has 0 aliphatic rings. The molecule has 2 aromatic rings. The van der Waals surface area contributed by atoms with E-state index in [1.165, 1.54) is 13.1 Å². The maximum Gasteiger partial charge on any atom is 0.406 e. The SMILES string of the molecule is Cn1c(=O)n(CC(F)(F)F)c(=O)c2cc(C=O)sc21. The molecule has 0 aromatic carbocycles. The molecular weight excluding hydrogens is 285 g/mol. The molecule has 0 atom stereocenters. The average Bonchev–Trinajstić information content (AvgIpc) is 2.75.